The fourth-order valence-corrected chi connectivity index (χ4v) is 3.48. The van der Waals surface area contributed by atoms with Gasteiger partial charge in [0.25, 0.3) is 5.91 Å². The molecule has 3 aromatic rings. The minimum absolute atomic E-state index is 0.154. The SMILES string of the molecule is COc1cccc(NC(=O)c2cn3c4c(cccc4c2=O)C[C@@H]3C)c1. The summed E-state index contributed by atoms with van der Waals surface area (Å²) < 4.78 is 7.20. The molecule has 0 spiro atoms. The van der Waals surface area contributed by atoms with Crippen LogP contribution in [0.4, 0.5) is 5.69 Å². The van der Waals surface area contributed by atoms with E-state index in [0.29, 0.717) is 16.8 Å². The number of benzene rings is 2. The molecule has 2 aromatic carbocycles. The maximum atomic E-state index is 12.8. The molecule has 1 aromatic heterocycles. The predicted molar refractivity (Wildman–Crippen MR) is 97.6 cm³/mol. The first kappa shape index (κ1) is 15.4. The van der Waals surface area contributed by atoms with Crippen LogP contribution in [-0.2, 0) is 6.42 Å². The number of hydrogen-bond acceptors (Lipinski definition) is 3. The van der Waals surface area contributed by atoms with Crippen molar-refractivity contribution in [1.82, 2.24) is 4.57 Å². The Morgan fingerprint density at radius 1 is 1.24 bits per heavy atom. The van der Waals surface area contributed by atoms with Gasteiger partial charge in [-0.1, -0.05) is 18.2 Å². The molecule has 1 N–H and O–H groups in total. The number of ether oxygens (including phenoxy) is 1. The minimum atomic E-state index is -0.409. The molecule has 1 aliphatic rings. The van der Waals surface area contributed by atoms with E-state index in [1.165, 1.54) is 0 Å². The first-order chi connectivity index (χ1) is 12.1. The number of nitrogens with zero attached hydrogens (tertiary/aromatic N) is 1. The van der Waals surface area contributed by atoms with E-state index >= 15 is 0 Å². The highest BCUT2D eigenvalue weighted by atomic mass is 16.5. The zero-order chi connectivity index (χ0) is 17.6. The largest absolute Gasteiger partial charge is 0.497 e. The lowest BCUT2D eigenvalue weighted by Crippen LogP contribution is -2.23. The number of nitrogens with one attached hydrogen (secondary N) is 1. The third-order valence-electron chi connectivity index (χ3n) is 4.70. The third-order valence-corrected chi connectivity index (χ3v) is 4.70. The first-order valence-electron chi connectivity index (χ1n) is 8.20. The number of methoxy groups -OCH3 is 1. The molecule has 0 radical (unpaired) electrons. The van der Waals surface area contributed by atoms with Crippen LogP contribution in [0.15, 0.2) is 53.5 Å². The fraction of sp³-hybridized carbons (Fsp3) is 0.200. The maximum Gasteiger partial charge on any atom is 0.261 e. The highest BCUT2D eigenvalue weighted by Crippen LogP contribution is 2.31. The summed E-state index contributed by atoms with van der Waals surface area (Å²) >= 11 is 0. The normalized spacial score (nSPS) is 15.4. The molecule has 1 aliphatic heterocycles. The first-order valence-corrected chi connectivity index (χ1v) is 8.20. The van der Waals surface area contributed by atoms with Gasteiger partial charge in [-0.05, 0) is 37.1 Å². The van der Waals surface area contributed by atoms with Crippen molar-refractivity contribution in [3.05, 3.63) is 70.0 Å². The van der Waals surface area contributed by atoms with Gasteiger partial charge < -0.3 is 14.6 Å². The number of amides is 1. The summed E-state index contributed by atoms with van der Waals surface area (Å²) in [5.74, 6) is 0.235. The number of hydrogen-bond donors (Lipinski definition) is 1. The van der Waals surface area contributed by atoms with Crippen LogP contribution in [-0.4, -0.2) is 17.6 Å². The number of aromatic nitrogens is 1. The topological polar surface area (TPSA) is 60.3 Å². The van der Waals surface area contributed by atoms with Crippen LogP contribution >= 0.6 is 0 Å². The van der Waals surface area contributed by atoms with Crippen molar-refractivity contribution in [3.8, 4) is 5.75 Å². The molecule has 0 aliphatic carbocycles. The van der Waals surface area contributed by atoms with Crippen LogP contribution in [0, 0.1) is 0 Å². The minimum Gasteiger partial charge on any atom is -0.497 e. The Balaban J connectivity index is 1.79. The van der Waals surface area contributed by atoms with Crippen LogP contribution in [0.5, 0.6) is 5.75 Å². The van der Waals surface area contributed by atoms with Crippen molar-refractivity contribution < 1.29 is 9.53 Å². The van der Waals surface area contributed by atoms with Crippen LogP contribution < -0.4 is 15.5 Å². The maximum absolute atomic E-state index is 12.8. The summed E-state index contributed by atoms with van der Waals surface area (Å²) in [6.07, 6.45) is 2.55. The van der Waals surface area contributed by atoms with Gasteiger partial charge in [-0.15, -0.1) is 0 Å². The lowest BCUT2D eigenvalue weighted by atomic mass is 10.1. The monoisotopic (exact) mass is 334 g/mol. The van der Waals surface area contributed by atoms with Gasteiger partial charge in [0, 0.05) is 29.4 Å². The fourth-order valence-electron chi connectivity index (χ4n) is 3.48. The molecule has 126 valence electrons. The smallest absolute Gasteiger partial charge is 0.261 e. The van der Waals surface area contributed by atoms with Crippen LogP contribution in [0.3, 0.4) is 0 Å². The zero-order valence-corrected chi connectivity index (χ0v) is 14.1. The Kier molecular flexibility index (Phi) is 3.57. The molecular formula is C20H18N2O3. The number of pyridine rings is 1. The van der Waals surface area contributed by atoms with E-state index in [2.05, 4.69) is 12.2 Å². The van der Waals surface area contributed by atoms with Crippen molar-refractivity contribution in [1.29, 1.82) is 0 Å². The summed E-state index contributed by atoms with van der Waals surface area (Å²) in [4.78, 5) is 25.5. The van der Waals surface area contributed by atoms with E-state index in [9.17, 15) is 9.59 Å². The van der Waals surface area contributed by atoms with E-state index < -0.39 is 5.91 Å². The Hall–Kier alpha value is -3.08. The highest BCUT2D eigenvalue weighted by molar-refractivity contribution is 6.06. The molecule has 0 bridgehead atoms. The van der Waals surface area contributed by atoms with Crippen molar-refractivity contribution in [2.75, 3.05) is 12.4 Å². The molecule has 1 amide bonds. The molecule has 5 nitrogen and oxygen atoms in total. The molecular weight excluding hydrogens is 316 g/mol. The van der Waals surface area contributed by atoms with Gasteiger partial charge in [0.05, 0.1) is 12.6 Å². The Labute approximate surface area is 144 Å². The standard InChI is InChI=1S/C20H18N2O3/c1-12-9-13-5-3-8-16-18(13)22(12)11-17(19(16)23)20(24)21-14-6-4-7-15(10-14)25-2/h3-8,10-12H,9H2,1-2H3,(H,21,24)/t12-/m0/s1. The highest BCUT2D eigenvalue weighted by Gasteiger charge is 2.24. The van der Waals surface area contributed by atoms with Gasteiger partial charge in [0.15, 0.2) is 0 Å². The lowest BCUT2D eigenvalue weighted by molar-refractivity contribution is 0.102. The second-order valence-electron chi connectivity index (χ2n) is 6.33. The molecule has 5 heteroatoms. The number of carbonyl (C=O) groups is 1. The molecule has 0 saturated heterocycles. The molecule has 4 rings (SSSR count). The van der Waals surface area contributed by atoms with Crippen LogP contribution in [0.25, 0.3) is 10.9 Å². The number of carbonyl (C=O) groups excluding carboxylic acids is 1. The van der Waals surface area contributed by atoms with Crippen LogP contribution in [0.1, 0.15) is 28.9 Å². The van der Waals surface area contributed by atoms with Crippen molar-refractivity contribution in [2.45, 2.75) is 19.4 Å². The van der Waals surface area contributed by atoms with E-state index in [0.717, 1.165) is 17.5 Å². The second kappa shape index (κ2) is 5.77. The average Bonchev–Trinajstić information content (AvgIpc) is 2.94. The quantitative estimate of drug-likeness (QED) is 0.799. The van der Waals surface area contributed by atoms with Crippen LogP contribution in [0.2, 0.25) is 0 Å². The van der Waals surface area contributed by atoms with Gasteiger partial charge in [-0.2, -0.15) is 0 Å². The van der Waals surface area contributed by atoms with Gasteiger partial charge in [-0.3, -0.25) is 9.59 Å². The van der Waals surface area contributed by atoms with Crippen molar-refractivity contribution >= 4 is 22.5 Å². The van der Waals surface area contributed by atoms with Crippen molar-refractivity contribution in [3.63, 3.8) is 0 Å². The second-order valence-corrected chi connectivity index (χ2v) is 6.33. The summed E-state index contributed by atoms with van der Waals surface area (Å²) in [6.45, 7) is 2.09. The summed E-state index contributed by atoms with van der Waals surface area (Å²) in [6, 6.07) is 13.0. The summed E-state index contributed by atoms with van der Waals surface area (Å²) in [5.41, 5.74) is 2.61. The number of para-hydroxylation sites is 1. The third kappa shape index (κ3) is 2.48. The van der Waals surface area contributed by atoms with Crippen molar-refractivity contribution in [2.24, 2.45) is 0 Å². The lowest BCUT2D eigenvalue weighted by Gasteiger charge is -2.13. The predicted octanol–water partition coefficient (Wildman–Crippen LogP) is 3.38. The number of anilines is 1. The molecule has 2 heterocycles. The van der Waals surface area contributed by atoms with E-state index in [4.69, 9.17) is 4.74 Å². The number of rotatable bonds is 3. The molecule has 0 fully saturated rings. The molecule has 0 unspecified atom stereocenters. The molecule has 25 heavy (non-hydrogen) atoms. The van der Waals surface area contributed by atoms with E-state index in [-0.39, 0.29) is 17.0 Å². The summed E-state index contributed by atoms with van der Waals surface area (Å²) in [5, 5.41) is 3.39. The van der Waals surface area contributed by atoms with Gasteiger partial charge in [0.2, 0.25) is 5.43 Å². The van der Waals surface area contributed by atoms with E-state index in [1.807, 2.05) is 16.7 Å². The summed E-state index contributed by atoms with van der Waals surface area (Å²) in [7, 11) is 1.57. The Morgan fingerprint density at radius 2 is 2.04 bits per heavy atom. The van der Waals surface area contributed by atoms with Gasteiger partial charge >= 0.3 is 0 Å². The van der Waals surface area contributed by atoms with E-state index in [1.54, 1.807) is 43.6 Å². The average molecular weight is 334 g/mol. The Morgan fingerprint density at radius 3 is 2.84 bits per heavy atom. The van der Waals surface area contributed by atoms with Gasteiger partial charge in [0.1, 0.15) is 11.3 Å². The zero-order valence-electron chi connectivity index (χ0n) is 14.1. The van der Waals surface area contributed by atoms with Gasteiger partial charge in [-0.25, -0.2) is 0 Å². The molecule has 1 atom stereocenters. The Bertz CT molecular complexity index is 1050. The molecule has 0 saturated carbocycles.